The maximum Gasteiger partial charge on any atom is 0.216 e. The highest BCUT2D eigenvalue weighted by Gasteiger charge is 2.49. The van der Waals surface area contributed by atoms with Crippen LogP contribution < -0.4 is 5.73 Å². The van der Waals surface area contributed by atoms with Crippen LogP contribution in [0, 0.1) is 17.6 Å². The summed E-state index contributed by atoms with van der Waals surface area (Å²) in [5, 5.41) is -0.427. The second kappa shape index (κ2) is 7.85. The third kappa shape index (κ3) is 3.83. The first kappa shape index (κ1) is 21.1. The lowest BCUT2D eigenvalue weighted by molar-refractivity contribution is -0.0485. The summed E-state index contributed by atoms with van der Waals surface area (Å²) in [7, 11) is -3.28. The first-order chi connectivity index (χ1) is 13.7. The van der Waals surface area contributed by atoms with Crippen molar-refractivity contribution in [3.05, 3.63) is 35.4 Å². The SMILES string of the molecule is CC(C)S(=O)(=O)N1CCC2CN(C3COC(c4cc(F)ccc4F)C(N)C3)CC21. The van der Waals surface area contributed by atoms with Crippen molar-refractivity contribution in [3.8, 4) is 0 Å². The second-order valence-electron chi connectivity index (χ2n) is 8.75. The van der Waals surface area contributed by atoms with Gasteiger partial charge in [-0.05, 0) is 50.8 Å². The Kier molecular flexibility index (Phi) is 5.71. The number of fused-ring (bicyclic) bond motifs is 1. The van der Waals surface area contributed by atoms with Crippen molar-refractivity contribution in [2.75, 3.05) is 26.2 Å². The maximum atomic E-state index is 14.1. The average Bonchev–Trinajstić information content (AvgIpc) is 3.24. The average molecular weight is 430 g/mol. The Morgan fingerprint density at radius 3 is 2.69 bits per heavy atom. The van der Waals surface area contributed by atoms with Crippen LogP contribution in [0.15, 0.2) is 18.2 Å². The van der Waals surface area contributed by atoms with Crippen LogP contribution in [0.5, 0.6) is 0 Å². The zero-order chi connectivity index (χ0) is 20.9. The Morgan fingerprint density at radius 2 is 2.00 bits per heavy atom. The Labute approximate surface area is 171 Å². The number of likely N-dealkylation sites (tertiary alicyclic amines) is 1. The Morgan fingerprint density at radius 1 is 1.24 bits per heavy atom. The van der Waals surface area contributed by atoms with E-state index in [1.54, 1.807) is 18.2 Å². The van der Waals surface area contributed by atoms with E-state index in [2.05, 4.69) is 4.90 Å². The van der Waals surface area contributed by atoms with Gasteiger partial charge in [0.1, 0.15) is 17.7 Å². The quantitative estimate of drug-likeness (QED) is 0.791. The maximum absolute atomic E-state index is 14.1. The minimum Gasteiger partial charge on any atom is -0.370 e. The van der Waals surface area contributed by atoms with E-state index in [0.717, 1.165) is 31.2 Å². The van der Waals surface area contributed by atoms with E-state index >= 15 is 0 Å². The Bertz CT molecular complexity index is 867. The molecule has 162 valence electrons. The molecular weight excluding hydrogens is 400 g/mol. The number of nitrogens with zero attached hydrogens (tertiary/aromatic N) is 2. The molecule has 0 spiro atoms. The smallest absolute Gasteiger partial charge is 0.216 e. The molecule has 1 aromatic carbocycles. The van der Waals surface area contributed by atoms with Crippen molar-refractivity contribution in [3.63, 3.8) is 0 Å². The highest BCUT2D eigenvalue weighted by Crippen LogP contribution is 2.38. The summed E-state index contributed by atoms with van der Waals surface area (Å²) in [4.78, 5) is 2.26. The summed E-state index contributed by atoms with van der Waals surface area (Å²) >= 11 is 0. The summed E-state index contributed by atoms with van der Waals surface area (Å²) in [5.74, 6) is -0.716. The van der Waals surface area contributed by atoms with E-state index in [1.807, 2.05) is 0 Å². The molecule has 2 N–H and O–H groups in total. The van der Waals surface area contributed by atoms with Gasteiger partial charge >= 0.3 is 0 Å². The fourth-order valence-corrected chi connectivity index (χ4v) is 6.51. The third-order valence-electron chi connectivity index (χ3n) is 6.63. The first-order valence-corrected chi connectivity index (χ1v) is 11.8. The van der Waals surface area contributed by atoms with Gasteiger partial charge in [0, 0.05) is 43.3 Å². The normalized spacial score (nSPS) is 34.1. The van der Waals surface area contributed by atoms with Crippen LogP contribution in [0.25, 0.3) is 0 Å². The molecule has 0 saturated carbocycles. The zero-order valence-corrected chi connectivity index (χ0v) is 17.6. The van der Waals surface area contributed by atoms with Crippen LogP contribution in [0.4, 0.5) is 8.78 Å². The predicted molar refractivity (Wildman–Crippen MR) is 106 cm³/mol. The largest absolute Gasteiger partial charge is 0.370 e. The molecule has 3 aliphatic heterocycles. The number of nitrogens with two attached hydrogens (primary N) is 1. The van der Waals surface area contributed by atoms with E-state index in [0.29, 0.717) is 32.0 Å². The number of hydrogen-bond acceptors (Lipinski definition) is 5. The highest BCUT2D eigenvalue weighted by atomic mass is 32.2. The van der Waals surface area contributed by atoms with Crippen molar-refractivity contribution in [1.82, 2.24) is 9.21 Å². The molecule has 5 atom stereocenters. The number of sulfonamides is 1. The Balaban J connectivity index is 1.43. The van der Waals surface area contributed by atoms with Crippen molar-refractivity contribution in [1.29, 1.82) is 0 Å². The van der Waals surface area contributed by atoms with Crippen LogP contribution in [0.2, 0.25) is 0 Å². The van der Waals surface area contributed by atoms with Crippen LogP contribution in [0.1, 0.15) is 38.4 Å². The number of rotatable bonds is 4. The van der Waals surface area contributed by atoms with Crippen molar-refractivity contribution < 1.29 is 21.9 Å². The molecule has 29 heavy (non-hydrogen) atoms. The van der Waals surface area contributed by atoms with Gasteiger partial charge in [-0.2, -0.15) is 4.31 Å². The summed E-state index contributed by atoms with van der Waals surface area (Å²) in [6.07, 6.45) is 0.780. The van der Waals surface area contributed by atoms with Crippen molar-refractivity contribution >= 4 is 10.0 Å². The van der Waals surface area contributed by atoms with Crippen LogP contribution >= 0.6 is 0 Å². The van der Waals surface area contributed by atoms with E-state index in [9.17, 15) is 17.2 Å². The minimum atomic E-state index is -3.28. The Hall–Kier alpha value is -1.13. The van der Waals surface area contributed by atoms with Gasteiger partial charge in [0.15, 0.2) is 0 Å². The first-order valence-electron chi connectivity index (χ1n) is 10.2. The van der Waals surface area contributed by atoms with Gasteiger partial charge in [0.2, 0.25) is 10.0 Å². The molecule has 3 aliphatic rings. The molecule has 0 radical (unpaired) electrons. The molecular formula is C20H29F2N3O3S. The lowest BCUT2D eigenvalue weighted by atomic mass is 9.93. The molecule has 3 fully saturated rings. The summed E-state index contributed by atoms with van der Waals surface area (Å²) < 4.78 is 60.6. The molecule has 0 bridgehead atoms. The second-order valence-corrected chi connectivity index (χ2v) is 11.2. The van der Waals surface area contributed by atoms with Gasteiger partial charge in [0.25, 0.3) is 0 Å². The minimum absolute atomic E-state index is 0.00277. The molecule has 1 aromatic rings. The predicted octanol–water partition coefficient (Wildman–Crippen LogP) is 1.87. The molecule has 4 rings (SSSR count). The van der Waals surface area contributed by atoms with Crippen molar-refractivity contribution in [2.24, 2.45) is 11.7 Å². The number of ether oxygens (including phenoxy) is 1. The molecule has 3 heterocycles. The fourth-order valence-electron chi connectivity index (χ4n) is 4.99. The summed E-state index contributed by atoms with van der Waals surface area (Å²) in [5.41, 5.74) is 6.45. The van der Waals surface area contributed by atoms with Crippen LogP contribution in [-0.4, -0.2) is 67.2 Å². The third-order valence-corrected chi connectivity index (χ3v) is 8.93. The molecule has 0 aromatic heterocycles. The molecule has 5 unspecified atom stereocenters. The van der Waals surface area contributed by atoms with E-state index in [-0.39, 0.29) is 17.6 Å². The van der Waals surface area contributed by atoms with Gasteiger partial charge in [-0.1, -0.05) is 0 Å². The number of hydrogen-bond donors (Lipinski definition) is 1. The lowest BCUT2D eigenvalue weighted by Gasteiger charge is -2.39. The zero-order valence-electron chi connectivity index (χ0n) is 16.8. The highest BCUT2D eigenvalue weighted by molar-refractivity contribution is 7.89. The van der Waals surface area contributed by atoms with E-state index in [1.165, 1.54) is 0 Å². The molecule has 0 aliphatic carbocycles. The topological polar surface area (TPSA) is 75.9 Å². The van der Waals surface area contributed by atoms with Gasteiger partial charge in [-0.15, -0.1) is 0 Å². The molecule has 3 saturated heterocycles. The molecule has 6 nitrogen and oxygen atoms in total. The monoisotopic (exact) mass is 429 g/mol. The number of halogens is 2. The van der Waals surface area contributed by atoms with Crippen LogP contribution in [-0.2, 0) is 14.8 Å². The molecule has 0 amide bonds. The van der Waals surface area contributed by atoms with Crippen LogP contribution in [0.3, 0.4) is 0 Å². The van der Waals surface area contributed by atoms with Gasteiger partial charge in [-0.3, -0.25) is 4.90 Å². The number of benzene rings is 1. The standard InChI is InChI=1S/C20H29F2N3O3S/c1-12(2)29(26,27)25-6-5-13-9-24(10-19(13)25)15-8-18(23)20(28-11-15)16-7-14(21)3-4-17(16)22/h3-4,7,12-13,15,18-20H,5-6,8-11,23H2,1-2H3. The summed E-state index contributed by atoms with van der Waals surface area (Å²) in [6, 6.07) is 2.91. The van der Waals surface area contributed by atoms with Gasteiger partial charge in [-0.25, -0.2) is 17.2 Å². The lowest BCUT2D eigenvalue weighted by Crippen LogP contribution is -2.50. The van der Waals surface area contributed by atoms with Crippen molar-refractivity contribution in [2.45, 2.75) is 56.2 Å². The van der Waals surface area contributed by atoms with Gasteiger partial charge in [0.05, 0.1) is 11.9 Å². The van der Waals surface area contributed by atoms with E-state index < -0.39 is 39.1 Å². The van der Waals surface area contributed by atoms with E-state index in [4.69, 9.17) is 10.5 Å². The summed E-state index contributed by atoms with van der Waals surface area (Å²) in [6.45, 7) is 5.87. The molecule has 9 heteroatoms. The fraction of sp³-hybridized carbons (Fsp3) is 0.700. The van der Waals surface area contributed by atoms with Gasteiger partial charge < -0.3 is 10.5 Å².